The molecule has 0 saturated heterocycles. The van der Waals surface area contributed by atoms with Crippen molar-refractivity contribution in [3.63, 3.8) is 0 Å². The molecule has 0 saturated carbocycles. The Morgan fingerprint density at radius 2 is 1.93 bits per heavy atom. The highest BCUT2D eigenvalue weighted by Crippen LogP contribution is 2.01. The zero-order valence-corrected chi connectivity index (χ0v) is 10.5. The molecular weight excluding hydrogens is 212 g/mol. The summed E-state index contributed by atoms with van der Waals surface area (Å²) in [5.74, 6) is -0.382. The van der Waals surface area contributed by atoms with Gasteiger partial charge in [-0.05, 0) is 32.2 Å². The van der Waals surface area contributed by atoms with Crippen molar-refractivity contribution in [2.24, 2.45) is 5.73 Å². The number of nitrogens with one attached hydrogen (secondary N) is 1. The Morgan fingerprint density at radius 3 is 2.33 bits per heavy atom. The molecule has 90 valence electrons. The first-order valence-electron chi connectivity index (χ1n) is 5.32. The standard InChI is InChI=1S/C11H22N2O.ClH/c1-4-10(5-2)13-8-6-7-9(3)11(12)14;/h10,13H,3-8H2,1-2H3,(H2,12,14);1H. The van der Waals surface area contributed by atoms with Crippen LogP contribution in [0.3, 0.4) is 0 Å². The molecule has 3 nitrogen and oxygen atoms in total. The summed E-state index contributed by atoms with van der Waals surface area (Å²) in [7, 11) is 0. The van der Waals surface area contributed by atoms with Crippen molar-refractivity contribution in [3.8, 4) is 0 Å². The van der Waals surface area contributed by atoms with E-state index in [1.807, 2.05) is 0 Å². The van der Waals surface area contributed by atoms with Crippen LogP contribution in [0.4, 0.5) is 0 Å². The smallest absolute Gasteiger partial charge is 0.244 e. The lowest BCUT2D eigenvalue weighted by atomic mass is 10.1. The third-order valence-corrected chi connectivity index (χ3v) is 2.42. The van der Waals surface area contributed by atoms with E-state index in [-0.39, 0.29) is 18.3 Å². The molecule has 0 unspecified atom stereocenters. The highest BCUT2D eigenvalue weighted by atomic mass is 35.5. The van der Waals surface area contributed by atoms with Gasteiger partial charge in [0.2, 0.25) is 5.91 Å². The molecule has 0 aromatic rings. The van der Waals surface area contributed by atoms with Crippen molar-refractivity contribution in [1.82, 2.24) is 5.32 Å². The molecule has 0 rings (SSSR count). The van der Waals surface area contributed by atoms with E-state index in [9.17, 15) is 4.79 Å². The Morgan fingerprint density at radius 1 is 1.40 bits per heavy atom. The van der Waals surface area contributed by atoms with Gasteiger partial charge in [0.05, 0.1) is 0 Å². The number of amides is 1. The van der Waals surface area contributed by atoms with Gasteiger partial charge in [-0.25, -0.2) is 0 Å². The van der Waals surface area contributed by atoms with Gasteiger partial charge in [0, 0.05) is 11.6 Å². The molecule has 3 N–H and O–H groups in total. The maximum atomic E-state index is 10.6. The molecule has 0 aliphatic rings. The summed E-state index contributed by atoms with van der Waals surface area (Å²) in [4.78, 5) is 10.6. The first kappa shape index (κ1) is 16.9. The fourth-order valence-corrected chi connectivity index (χ4v) is 1.31. The molecule has 0 fully saturated rings. The number of carbonyl (C=O) groups excluding carboxylic acids is 1. The number of primary amides is 1. The minimum absolute atomic E-state index is 0. The predicted octanol–water partition coefficient (Wildman–Crippen LogP) is 2.01. The predicted molar refractivity (Wildman–Crippen MR) is 67.2 cm³/mol. The quantitative estimate of drug-likeness (QED) is 0.499. The Balaban J connectivity index is 0. The average molecular weight is 235 g/mol. The summed E-state index contributed by atoms with van der Waals surface area (Å²) in [5, 5.41) is 3.42. The average Bonchev–Trinajstić information content (AvgIpc) is 2.17. The maximum absolute atomic E-state index is 10.6. The lowest BCUT2D eigenvalue weighted by molar-refractivity contribution is -0.114. The summed E-state index contributed by atoms with van der Waals surface area (Å²) in [6.45, 7) is 8.88. The maximum Gasteiger partial charge on any atom is 0.244 e. The molecule has 0 aromatic heterocycles. The van der Waals surface area contributed by atoms with Crippen LogP contribution in [0, 0.1) is 0 Å². The highest BCUT2D eigenvalue weighted by Gasteiger charge is 2.03. The van der Waals surface area contributed by atoms with Gasteiger partial charge in [-0.1, -0.05) is 20.4 Å². The van der Waals surface area contributed by atoms with Crippen LogP contribution in [0.5, 0.6) is 0 Å². The van der Waals surface area contributed by atoms with Gasteiger partial charge < -0.3 is 11.1 Å². The number of hydrogen-bond donors (Lipinski definition) is 2. The van der Waals surface area contributed by atoms with Crippen molar-refractivity contribution in [2.45, 2.75) is 45.6 Å². The van der Waals surface area contributed by atoms with E-state index < -0.39 is 0 Å². The molecule has 0 aliphatic carbocycles. The molecular formula is C11H23ClN2O. The topological polar surface area (TPSA) is 55.1 Å². The van der Waals surface area contributed by atoms with Crippen LogP contribution in [0.1, 0.15) is 39.5 Å². The summed E-state index contributed by atoms with van der Waals surface area (Å²) < 4.78 is 0. The van der Waals surface area contributed by atoms with Gasteiger partial charge in [0.25, 0.3) is 0 Å². The zero-order chi connectivity index (χ0) is 11.0. The molecule has 0 bridgehead atoms. The number of hydrogen-bond acceptors (Lipinski definition) is 2. The van der Waals surface area contributed by atoms with E-state index >= 15 is 0 Å². The normalized spacial score (nSPS) is 9.80. The molecule has 1 amide bonds. The highest BCUT2D eigenvalue weighted by molar-refractivity contribution is 5.91. The second kappa shape index (κ2) is 9.99. The number of carbonyl (C=O) groups is 1. The number of nitrogens with two attached hydrogens (primary N) is 1. The van der Waals surface area contributed by atoms with Gasteiger partial charge in [-0.15, -0.1) is 12.4 Å². The molecule has 4 heteroatoms. The molecule has 0 heterocycles. The van der Waals surface area contributed by atoms with Gasteiger partial charge in [-0.2, -0.15) is 0 Å². The van der Waals surface area contributed by atoms with Crippen molar-refractivity contribution >= 4 is 18.3 Å². The Kier molecular flexibility index (Phi) is 11.2. The van der Waals surface area contributed by atoms with Crippen molar-refractivity contribution in [1.29, 1.82) is 0 Å². The molecule has 0 atom stereocenters. The third-order valence-electron chi connectivity index (χ3n) is 2.42. The summed E-state index contributed by atoms with van der Waals surface area (Å²) in [6.07, 6.45) is 3.92. The zero-order valence-electron chi connectivity index (χ0n) is 9.71. The van der Waals surface area contributed by atoms with Gasteiger partial charge in [0.15, 0.2) is 0 Å². The second-order valence-corrected chi connectivity index (χ2v) is 3.54. The first-order valence-corrected chi connectivity index (χ1v) is 5.32. The lowest BCUT2D eigenvalue weighted by Gasteiger charge is -2.14. The van der Waals surface area contributed by atoms with E-state index in [0.717, 1.165) is 25.8 Å². The van der Waals surface area contributed by atoms with Crippen LogP contribution in [0.2, 0.25) is 0 Å². The summed E-state index contributed by atoms with van der Waals surface area (Å²) in [5.41, 5.74) is 5.60. The molecule has 15 heavy (non-hydrogen) atoms. The van der Waals surface area contributed by atoms with Crippen molar-refractivity contribution in [3.05, 3.63) is 12.2 Å². The van der Waals surface area contributed by atoms with E-state index in [0.29, 0.717) is 18.0 Å². The van der Waals surface area contributed by atoms with Gasteiger partial charge in [-0.3, -0.25) is 4.79 Å². The SMILES string of the molecule is C=C(CCCNC(CC)CC)C(N)=O.Cl. The second-order valence-electron chi connectivity index (χ2n) is 3.54. The van der Waals surface area contributed by atoms with Crippen LogP contribution in [0.25, 0.3) is 0 Å². The minimum Gasteiger partial charge on any atom is -0.366 e. The van der Waals surface area contributed by atoms with E-state index in [1.165, 1.54) is 0 Å². The van der Waals surface area contributed by atoms with Gasteiger partial charge >= 0.3 is 0 Å². The molecule has 0 aliphatic heterocycles. The van der Waals surface area contributed by atoms with E-state index in [1.54, 1.807) is 0 Å². The molecule has 0 spiro atoms. The Bertz CT molecular complexity index is 191. The van der Waals surface area contributed by atoms with Crippen LogP contribution in [-0.4, -0.2) is 18.5 Å². The van der Waals surface area contributed by atoms with Crippen molar-refractivity contribution < 1.29 is 4.79 Å². The van der Waals surface area contributed by atoms with Crippen LogP contribution >= 0.6 is 12.4 Å². The van der Waals surface area contributed by atoms with Crippen LogP contribution in [0.15, 0.2) is 12.2 Å². The largest absolute Gasteiger partial charge is 0.366 e. The summed E-state index contributed by atoms with van der Waals surface area (Å²) >= 11 is 0. The van der Waals surface area contributed by atoms with Crippen molar-refractivity contribution in [2.75, 3.05) is 6.54 Å². The number of rotatable bonds is 8. The van der Waals surface area contributed by atoms with E-state index in [4.69, 9.17) is 5.73 Å². The first-order chi connectivity index (χ1) is 6.61. The number of halogens is 1. The Hall–Kier alpha value is -0.540. The molecule has 0 aromatic carbocycles. The third kappa shape index (κ3) is 8.45. The minimum atomic E-state index is -0.382. The van der Waals surface area contributed by atoms with E-state index in [2.05, 4.69) is 25.7 Å². The fraction of sp³-hybridized carbons (Fsp3) is 0.727. The summed E-state index contributed by atoms with van der Waals surface area (Å²) in [6, 6.07) is 0.594. The lowest BCUT2D eigenvalue weighted by Crippen LogP contribution is -2.28. The van der Waals surface area contributed by atoms with Crippen LogP contribution in [-0.2, 0) is 4.79 Å². The fourth-order valence-electron chi connectivity index (χ4n) is 1.31. The Labute approximate surface area is 98.9 Å². The van der Waals surface area contributed by atoms with Gasteiger partial charge in [0.1, 0.15) is 0 Å². The monoisotopic (exact) mass is 234 g/mol. The molecule has 0 radical (unpaired) electrons. The van der Waals surface area contributed by atoms with Crippen LogP contribution < -0.4 is 11.1 Å².